The van der Waals surface area contributed by atoms with Gasteiger partial charge in [0.2, 0.25) is 0 Å². The zero-order valence-corrected chi connectivity index (χ0v) is 33.0. The predicted molar refractivity (Wildman–Crippen MR) is 197 cm³/mol. The largest absolute Gasteiger partial charge is 0.444 e. The zero-order valence-electron chi connectivity index (χ0n) is 31.3. The quantitative estimate of drug-likeness (QED) is 0.124. The van der Waals surface area contributed by atoms with Crippen LogP contribution in [0.4, 0.5) is 15.0 Å². The van der Waals surface area contributed by atoms with Crippen LogP contribution in [0.3, 0.4) is 0 Å². The lowest BCUT2D eigenvalue weighted by Gasteiger charge is -2.44. The van der Waals surface area contributed by atoms with E-state index in [1.54, 1.807) is 11.1 Å². The molecule has 0 unspecified atom stereocenters. The van der Waals surface area contributed by atoms with Gasteiger partial charge in [-0.3, -0.25) is 4.98 Å². The number of carbonyl (C=O) groups is 1. The number of unbranched alkanes of at least 4 members (excludes halogenated alkanes) is 1. The van der Waals surface area contributed by atoms with Gasteiger partial charge in [0.1, 0.15) is 11.4 Å². The van der Waals surface area contributed by atoms with E-state index in [1.807, 2.05) is 59.4 Å². The number of rotatable bonds is 9. The molecular weight excluding hydrogens is 663 g/mol. The summed E-state index contributed by atoms with van der Waals surface area (Å²) in [6.07, 6.45) is 3.73. The van der Waals surface area contributed by atoms with Crippen molar-refractivity contribution >= 4 is 42.9 Å². The Morgan fingerprint density at radius 3 is 2.37 bits per heavy atom. The molecule has 0 saturated carbocycles. The van der Waals surface area contributed by atoms with Crippen molar-refractivity contribution in [2.45, 2.75) is 130 Å². The molecule has 0 aromatic carbocycles. The first kappa shape index (κ1) is 38.7. The van der Waals surface area contributed by atoms with E-state index in [0.717, 1.165) is 18.4 Å². The lowest BCUT2D eigenvalue weighted by molar-refractivity contribution is 0.0130. The molecule has 0 spiro atoms. The van der Waals surface area contributed by atoms with Gasteiger partial charge in [-0.1, -0.05) is 46.2 Å². The number of hydrogen-bond donors (Lipinski definition) is 0. The number of amides is 1. The molecule has 1 fully saturated rings. The molecule has 0 aliphatic carbocycles. The van der Waals surface area contributed by atoms with Gasteiger partial charge in [-0.25, -0.2) is 23.5 Å². The number of ether oxygens (including phenoxy) is 1. The van der Waals surface area contributed by atoms with Crippen molar-refractivity contribution in [2.24, 2.45) is 0 Å². The molecule has 1 aliphatic rings. The molecule has 4 heterocycles. The number of nitrogens with zero attached hydrogens (tertiary/aromatic N) is 6. The summed E-state index contributed by atoms with van der Waals surface area (Å²) in [5.74, 6) is -0.453. The molecule has 0 radical (unpaired) electrons. The summed E-state index contributed by atoms with van der Waals surface area (Å²) in [7, 11) is -1.86. The second kappa shape index (κ2) is 14.6. The average Bonchev–Trinajstić information content (AvgIpc) is 2.97. The first-order chi connectivity index (χ1) is 22.6. The number of aromatic nitrogens is 4. The van der Waals surface area contributed by atoms with Gasteiger partial charge in [0.25, 0.3) is 0 Å². The van der Waals surface area contributed by atoms with Gasteiger partial charge in [0, 0.05) is 38.0 Å². The lowest BCUT2D eigenvalue weighted by Crippen LogP contribution is -2.59. The molecule has 270 valence electrons. The fourth-order valence-corrected chi connectivity index (χ4v) is 7.08. The van der Waals surface area contributed by atoms with Crippen LogP contribution in [0, 0.1) is 5.82 Å². The summed E-state index contributed by atoms with van der Waals surface area (Å²) < 4.78 is 28.7. The third-order valence-corrected chi connectivity index (χ3v) is 14.4. The molecule has 3 aromatic heterocycles. The Morgan fingerprint density at radius 1 is 1.08 bits per heavy atom. The second-order valence-corrected chi connectivity index (χ2v) is 21.3. The van der Waals surface area contributed by atoms with Crippen LogP contribution in [0.2, 0.25) is 23.3 Å². The third kappa shape index (κ3) is 8.62. The van der Waals surface area contributed by atoms with Crippen LogP contribution in [-0.2, 0) is 15.6 Å². The van der Waals surface area contributed by atoms with E-state index in [1.165, 1.54) is 10.6 Å². The Balaban J connectivity index is 1.76. The lowest BCUT2D eigenvalue weighted by atomic mass is 10.00. The van der Waals surface area contributed by atoms with Crippen LogP contribution >= 0.6 is 11.6 Å². The molecule has 0 bridgehead atoms. The maximum Gasteiger partial charge on any atom is 0.410 e. The van der Waals surface area contributed by atoms with Crippen LogP contribution in [0.15, 0.2) is 23.1 Å². The van der Waals surface area contributed by atoms with E-state index in [4.69, 9.17) is 25.7 Å². The molecule has 2 atom stereocenters. The fourth-order valence-electron chi connectivity index (χ4n) is 5.86. The second-order valence-electron chi connectivity index (χ2n) is 16.1. The summed E-state index contributed by atoms with van der Waals surface area (Å²) in [4.78, 5) is 44.6. The average molecular weight is 717 g/mol. The highest BCUT2D eigenvalue weighted by molar-refractivity contribution is 6.74. The van der Waals surface area contributed by atoms with Gasteiger partial charge >= 0.3 is 11.8 Å². The van der Waals surface area contributed by atoms with Gasteiger partial charge in [-0.15, -0.1) is 0 Å². The number of anilines is 1. The van der Waals surface area contributed by atoms with Gasteiger partial charge in [0.15, 0.2) is 24.9 Å². The normalized spacial score (nSPS) is 17.7. The van der Waals surface area contributed by atoms with Crippen molar-refractivity contribution in [1.29, 1.82) is 0 Å². The monoisotopic (exact) mass is 716 g/mol. The number of hydrogen-bond acceptors (Lipinski definition) is 8. The molecule has 49 heavy (non-hydrogen) atoms. The van der Waals surface area contributed by atoms with E-state index in [0.29, 0.717) is 48.7 Å². The Labute approximate surface area is 296 Å². The first-order valence-corrected chi connectivity index (χ1v) is 20.6. The van der Waals surface area contributed by atoms with E-state index in [9.17, 15) is 9.59 Å². The maximum atomic E-state index is 15.2. The molecule has 0 N–H and O–H groups in total. The van der Waals surface area contributed by atoms with Crippen LogP contribution in [0.5, 0.6) is 0 Å². The van der Waals surface area contributed by atoms with Crippen LogP contribution in [-0.4, -0.2) is 76.2 Å². The highest BCUT2D eigenvalue weighted by Gasteiger charge is 2.38. The summed E-state index contributed by atoms with van der Waals surface area (Å²) in [5, 5.41) is 0.139. The Morgan fingerprint density at radius 2 is 1.76 bits per heavy atom. The van der Waals surface area contributed by atoms with Crippen molar-refractivity contribution in [3.05, 3.63) is 51.0 Å². The minimum absolute atomic E-state index is 0.0313. The van der Waals surface area contributed by atoms with Crippen molar-refractivity contribution in [3.63, 3.8) is 0 Å². The van der Waals surface area contributed by atoms with Crippen LogP contribution < -0.4 is 10.6 Å². The Kier molecular flexibility index (Phi) is 11.6. The van der Waals surface area contributed by atoms with Gasteiger partial charge in [-0.05, 0) is 95.6 Å². The third-order valence-electron chi connectivity index (χ3n) is 9.56. The topological polar surface area (TPSA) is 103 Å². The SMILES string of the molecule is CC(C)c1nccc(CCCCO[Si](C)(C)C(C)(C)C)c1-n1c(=O)nc(N2C[C@@H](C)N(C(=O)OC(C)(C)C)C[C@@H]2C)c2cc(F)c(Cl)nc21. The summed E-state index contributed by atoms with van der Waals surface area (Å²) in [5.41, 5.74) is 1.23. The number of piperazine rings is 1. The highest BCUT2D eigenvalue weighted by Crippen LogP contribution is 2.37. The van der Waals surface area contributed by atoms with E-state index in [-0.39, 0.29) is 33.8 Å². The molecular formula is C36H54ClFN6O4Si. The first-order valence-electron chi connectivity index (χ1n) is 17.3. The van der Waals surface area contributed by atoms with Gasteiger partial charge in [0.05, 0.1) is 16.8 Å². The van der Waals surface area contributed by atoms with E-state index >= 15 is 4.39 Å². The molecule has 3 aromatic rings. The van der Waals surface area contributed by atoms with Crippen molar-refractivity contribution < 1.29 is 18.3 Å². The van der Waals surface area contributed by atoms with E-state index in [2.05, 4.69) is 43.8 Å². The van der Waals surface area contributed by atoms with Gasteiger partial charge < -0.3 is 19.0 Å². The number of halogens is 2. The van der Waals surface area contributed by atoms with Crippen LogP contribution in [0.25, 0.3) is 16.7 Å². The Hall–Kier alpha value is -3.09. The van der Waals surface area contributed by atoms with Gasteiger partial charge in [-0.2, -0.15) is 4.98 Å². The molecule has 13 heteroatoms. The van der Waals surface area contributed by atoms with E-state index < -0.39 is 31.5 Å². The molecule has 1 aliphatic heterocycles. The number of aryl methyl sites for hydroxylation is 1. The zero-order chi connectivity index (χ0) is 36.6. The minimum atomic E-state index is -1.86. The summed E-state index contributed by atoms with van der Waals surface area (Å²) in [6, 6.07) is 2.69. The number of carbonyl (C=O) groups excluding carboxylic acids is 1. The standard InChI is InChI=1S/C36H54ClFN6O4Si/c1-22(2)28-29(25(16-17-39-28)15-13-14-18-47-49(11,12)36(8,9)10)44-32-26(19-27(38)30(37)40-32)31(41-33(44)45)42-20-24(4)43(21-23(42)3)34(46)48-35(5,6)7/h16-17,19,22-24H,13-15,18,20-21H2,1-12H3/t23-,24+/m0/s1. The van der Waals surface area contributed by atoms with Crippen molar-refractivity contribution in [2.75, 3.05) is 24.6 Å². The Bertz CT molecular complexity index is 1740. The summed E-state index contributed by atoms with van der Waals surface area (Å²) in [6.45, 7) is 25.9. The predicted octanol–water partition coefficient (Wildman–Crippen LogP) is 8.27. The molecule has 1 amide bonds. The smallest absolute Gasteiger partial charge is 0.410 e. The minimum Gasteiger partial charge on any atom is -0.444 e. The molecule has 4 rings (SSSR count). The van der Waals surface area contributed by atoms with Crippen molar-refractivity contribution in [1.82, 2.24) is 24.4 Å². The van der Waals surface area contributed by atoms with Crippen LogP contribution in [0.1, 0.15) is 99.3 Å². The number of pyridine rings is 2. The fraction of sp³-hybridized carbons (Fsp3) is 0.639. The summed E-state index contributed by atoms with van der Waals surface area (Å²) >= 11 is 6.31. The molecule has 1 saturated heterocycles. The van der Waals surface area contributed by atoms with Crippen molar-refractivity contribution in [3.8, 4) is 5.69 Å². The molecule has 10 nitrogen and oxygen atoms in total. The highest BCUT2D eigenvalue weighted by atomic mass is 35.5. The maximum absolute atomic E-state index is 15.2. The number of fused-ring (bicyclic) bond motifs is 1.